The molecule has 0 atom stereocenters. The van der Waals surface area contributed by atoms with Crippen molar-refractivity contribution in [1.29, 1.82) is 0 Å². The van der Waals surface area contributed by atoms with Gasteiger partial charge in [-0.25, -0.2) is 0 Å². The molecule has 11 heteroatoms. The predicted octanol–water partition coefficient (Wildman–Crippen LogP) is 2.26. The largest absolute Gasteiger partial charge is 0.372 e. The Bertz CT molecular complexity index is 1170. The summed E-state index contributed by atoms with van der Waals surface area (Å²) in [4.78, 5) is 37.7. The fourth-order valence-electron chi connectivity index (χ4n) is 3.41. The van der Waals surface area contributed by atoms with E-state index in [1.54, 1.807) is 0 Å². The van der Waals surface area contributed by atoms with E-state index in [-0.39, 0.29) is 28.5 Å². The highest BCUT2D eigenvalue weighted by atomic mass is 32.2. The van der Waals surface area contributed by atoms with Crippen LogP contribution in [0.5, 0.6) is 0 Å². The first-order valence-electron chi connectivity index (χ1n) is 10.7. The molecule has 10 nitrogen and oxygen atoms in total. The van der Waals surface area contributed by atoms with E-state index in [4.69, 9.17) is 11.5 Å². The first-order chi connectivity index (χ1) is 16.2. The van der Waals surface area contributed by atoms with Gasteiger partial charge in [-0.2, -0.15) is 0 Å². The molecule has 0 fully saturated rings. The number of hydrogen-bond donors (Lipinski definition) is 3. The standard InChI is InChI=1S/C23H27N7O3S/c1-4-30(5-2)18-8-6-14(7-9-18)22-27-28-23(29(22)3)34-13-19(31)26-17-11-15(20(24)32)10-16(12-17)21(25)33/h6-12H,4-5,13H2,1-3H3,(H2,24,32)(H2,25,33)(H,26,31). The first-order valence-corrected chi connectivity index (χ1v) is 11.6. The van der Waals surface area contributed by atoms with Crippen molar-refractivity contribution in [2.24, 2.45) is 18.5 Å². The van der Waals surface area contributed by atoms with Gasteiger partial charge in [-0.05, 0) is 56.3 Å². The summed E-state index contributed by atoms with van der Waals surface area (Å²) in [5, 5.41) is 11.7. The van der Waals surface area contributed by atoms with Crippen LogP contribution >= 0.6 is 11.8 Å². The molecule has 0 unspecified atom stereocenters. The molecule has 5 N–H and O–H groups in total. The molecule has 0 bridgehead atoms. The number of anilines is 2. The summed E-state index contributed by atoms with van der Waals surface area (Å²) in [6, 6.07) is 12.2. The molecule has 0 saturated carbocycles. The average molecular weight is 482 g/mol. The summed E-state index contributed by atoms with van der Waals surface area (Å²) in [6.07, 6.45) is 0. The maximum atomic E-state index is 12.5. The van der Waals surface area contributed by atoms with Crippen molar-refractivity contribution in [1.82, 2.24) is 14.8 Å². The zero-order chi connectivity index (χ0) is 24.8. The van der Waals surface area contributed by atoms with Gasteiger partial charge < -0.3 is 26.3 Å². The van der Waals surface area contributed by atoms with Crippen LogP contribution in [0.15, 0.2) is 47.6 Å². The van der Waals surface area contributed by atoms with Crippen LogP contribution in [-0.4, -0.2) is 51.3 Å². The minimum absolute atomic E-state index is 0.0412. The second-order valence-electron chi connectivity index (χ2n) is 7.45. The summed E-state index contributed by atoms with van der Waals surface area (Å²) in [6.45, 7) is 6.09. The molecule has 3 aromatic rings. The zero-order valence-electron chi connectivity index (χ0n) is 19.2. The van der Waals surface area contributed by atoms with Crippen molar-refractivity contribution in [2.45, 2.75) is 19.0 Å². The zero-order valence-corrected chi connectivity index (χ0v) is 20.1. The molecule has 2 aromatic carbocycles. The second kappa shape index (κ2) is 10.8. The van der Waals surface area contributed by atoms with Gasteiger partial charge >= 0.3 is 0 Å². The molecule has 0 radical (unpaired) electrons. The summed E-state index contributed by atoms with van der Waals surface area (Å²) < 4.78 is 1.82. The molecule has 0 aliphatic heterocycles. The molecule has 3 rings (SSSR count). The van der Waals surface area contributed by atoms with Crippen LogP contribution in [0.3, 0.4) is 0 Å². The maximum absolute atomic E-state index is 12.5. The number of nitrogens with two attached hydrogens (primary N) is 2. The summed E-state index contributed by atoms with van der Waals surface area (Å²) in [5.74, 6) is -1.08. The molecule has 0 aliphatic rings. The van der Waals surface area contributed by atoms with Crippen LogP contribution in [0, 0.1) is 0 Å². The molecule has 0 aliphatic carbocycles. The van der Waals surface area contributed by atoms with Gasteiger partial charge in [-0.15, -0.1) is 10.2 Å². The minimum Gasteiger partial charge on any atom is -0.372 e. The third kappa shape index (κ3) is 5.73. The SMILES string of the molecule is CCN(CC)c1ccc(-c2nnc(SCC(=O)Nc3cc(C(N)=O)cc(C(N)=O)c3)n2C)cc1. The Labute approximate surface area is 201 Å². The molecule has 1 heterocycles. The molecule has 3 amide bonds. The molecule has 178 valence electrons. The quantitative estimate of drug-likeness (QED) is 0.376. The highest BCUT2D eigenvalue weighted by molar-refractivity contribution is 7.99. The number of hydrogen-bond acceptors (Lipinski definition) is 7. The molecule has 34 heavy (non-hydrogen) atoms. The van der Waals surface area contributed by atoms with Crippen molar-refractivity contribution in [3.05, 3.63) is 53.6 Å². The Morgan fingerprint density at radius 3 is 2.09 bits per heavy atom. The number of primary amides is 2. The number of thioether (sulfide) groups is 1. The highest BCUT2D eigenvalue weighted by Gasteiger charge is 2.15. The summed E-state index contributed by atoms with van der Waals surface area (Å²) >= 11 is 1.21. The van der Waals surface area contributed by atoms with Crippen molar-refractivity contribution in [3.8, 4) is 11.4 Å². The van der Waals surface area contributed by atoms with Crippen molar-refractivity contribution >= 4 is 40.9 Å². The van der Waals surface area contributed by atoms with Gasteiger partial charge in [0.1, 0.15) is 0 Å². The number of aromatic nitrogens is 3. The number of nitrogens with one attached hydrogen (secondary N) is 1. The fraction of sp³-hybridized carbons (Fsp3) is 0.261. The normalized spacial score (nSPS) is 10.7. The van der Waals surface area contributed by atoms with E-state index in [9.17, 15) is 14.4 Å². The van der Waals surface area contributed by atoms with Crippen LogP contribution in [0.2, 0.25) is 0 Å². The Balaban J connectivity index is 1.67. The van der Waals surface area contributed by atoms with Gasteiger partial charge in [-0.3, -0.25) is 14.4 Å². The van der Waals surface area contributed by atoms with E-state index in [0.717, 1.165) is 24.3 Å². The van der Waals surface area contributed by atoms with Gasteiger partial charge in [-0.1, -0.05) is 11.8 Å². The van der Waals surface area contributed by atoms with Gasteiger partial charge in [0, 0.05) is 48.2 Å². The highest BCUT2D eigenvalue weighted by Crippen LogP contribution is 2.25. The molecule has 0 spiro atoms. The molecular formula is C23H27N7O3S. The third-order valence-corrected chi connectivity index (χ3v) is 6.23. The van der Waals surface area contributed by atoms with Crippen molar-refractivity contribution in [2.75, 3.05) is 29.1 Å². The topological polar surface area (TPSA) is 149 Å². The second-order valence-corrected chi connectivity index (χ2v) is 8.39. The van der Waals surface area contributed by atoms with Crippen LogP contribution in [0.1, 0.15) is 34.6 Å². The van der Waals surface area contributed by atoms with Crippen LogP contribution in [0.4, 0.5) is 11.4 Å². The number of benzene rings is 2. The third-order valence-electron chi connectivity index (χ3n) is 5.21. The number of carbonyl (C=O) groups excluding carboxylic acids is 3. The minimum atomic E-state index is -0.732. The van der Waals surface area contributed by atoms with E-state index < -0.39 is 11.8 Å². The van der Waals surface area contributed by atoms with Crippen LogP contribution in [-0.2, 0) is 11.8 Å². The lowest BCUT2D eigenvalue weighted by molar-refractivity contribution is -0.113. The monoisotopic (exact) mass is 481 g/mol. The molecule has 1 aromatic heterocycles. The molecular weight excluding hydrogens is 454 g/mol. The Kier molecular flexibility index (Phi) is 7.90. The van der Waals surface area contributed by atoms with Gasteiger partial charge in [0.15, 0.2) is 11.0 Å². The van der Waals surface area contributed by atoms with Gasteiger partial charge in [0.2, 0.25) is 17.7 Å². The van der Waals surface area contributed by atoms with Gasteiger partial charge in [0.05, 0.1) is 5.75 Å². The van der Waals surface area contributed by atoms with Crippen molar-refractivity contribution in [3.63, 3.8) is 0 Å². The lowest BCUT2D eigenvalue weighted by Crippen LogP contribution is -2.21. The lowest BCUT2D eigenvalue weighted by Gasteiger charge is -2.21. The average Bonchev–Trinajstić information content (AvgIpc) is 3.19. The fourth-order valence-corrected chi connectivity index (χ4v) is 4.12. The molecule has 0 saturated heterocycles. The number of amides is 3. The number of nitrogens with zero attached hydrogens (tertiary/aromatic N) is 4. The summed E-state index contributed by atoms with van der Waals surface area (Å²) in [5.41, 5.74) is 13.0. The van der Waals surface area contributed by atoms with Gasteiger partial charge in [0.25, 0.3) is 0 Å². The maximum Gasteiger partial charge on any atom is 0.248 e. The van der Waals surface area contributed by atoms with E-state index in [1.807, 2.05) is 23.7 Å². The van der Waals surface area contributed by atoms with Crippen LogP contribution < -0.4 is 21.7 Å². The number of carbonyl (C=O) groups is 3. The van der Waals surface area contributed by atoms with Crippen LogP contribution in [0.25, 0.3) is 11.4 Å². The van der Waals surface area contributed by atoms with E-state index >= 15 is 0 Å². The predicted molar refractivity (Wildman–Crippen MR) is 133 cm³/mol. The van der Waals surface area contributed by atoms with E-state index in [2.05, 4.69) is 46.4 Å². The van der Waals surface area contributed by atoms with E-state index in [0.29, 0.717) is 11.0 Å². The lowest BCUT2D eigenvalue weighted by atomic mass is 10.1. The first kappa shape index (κ1) is 24.8. The Morgan fingerprint density at radius 2 is 1.56 bits per heavy atom. The van der Waals surface area contributed by atoms with Crippen molar-refractivity contribution < 1.29 is 14.4 Å². The Hall–Kier alpha value is -3.86. The Morgan fingerprint density at radius 1 is 0.971 bits per heavy atom. The smallest absolute Gasteiger partial charge is 0.248 e. The summed E-state index contributed by atoms with van der Waals surface area (Å²) in [7, 11) is 1.84. The number of rotatable bonds is 10. The van der Waals surface area contributed by atoms with E-state index in [1.165, 1.54) is 30.0 Å².